The third kappa shape index (κ3) is 8.20. The molecule has 1 heterocycles. The van der Waals surface area contributed by atoms with E-state index in [9.17, 15) is 33.9 Å². The molecule has 31 heavy (non-hydrogen) atoms. The highest BCUT2D eigenvalue weighted by molar-refractivity contribution is 5.94. The smallest absolute Gasteiger partial charge is 0.326 e. The van der Waals surface area contributed by atoms with E-state index in [0.717, 1.165) is 4.90 Å². The number of likely N-dealkylation sites (tertiary alicyclic amines) is 1. The van der Waals surface area contributed by atoms with Gasteiger partial charge in [-0.15, -0.1) is 0 Å². The Morgan fingerprint density at radius 2 is 1.58 bits per heavy atom. The van der Waals surface area contributed by atoms with Gasteiger partial charge >= 0.3 is 11.9 Å². The van der Waals surface area contributed by atoms with Gasteiger partial charge in [0.2, 0.25) is 23.6 Å². The number of primary amides is 1. The summed E-state index contributed by atoms with van der Waals surface area (Å²) in [5, 5.41) is 23.0. The van der Waals surface area contributed by atoms with Crippen LogP contribution in [0.5, 0.6) is 0 Å². The molecule has 0 aromatic carbocycles. The monoisotopic (exact) mass is 443 g/mol. The first-order valence-corrected chi connectivity index (χ1v) is 9.83. The molecule has 1 fully saturated rings. The van der Waals surface area contributed by atoms with Crippen molar-refractivity contribution in [2.75, 3.05) is 6.54 Å². The van der Waals surface area contributed by atoms with Crippen molar-refractivity contribution < 1.29 is 39.0 Å². The van der Waals surface area contributed by atoms with E-state index in [0.29, 0.717) is 6.42 Å². The van der Waals surface area contributed by atoms with Gasteiger partial charge in [-0.05, 0) is 32.6 Å². The average Bonchev–Trinajstić information content (AvgIpc) is 3.17. The Hall–Kier alpha value is -3.22. The SMILES string of the molecule is CC(N)C(=O)NC(CCC(N)=O)C(=O)NC(CCC(=O)O)C(=O)N1CCCC1C(=O)O. The van der Waals surface area contributed by atoms with Gasteiger partial charge in [0.1, 0.15) is 18.1 Å². The van der Waals surface area contributed by atoms with Crippen LogP contribution in [0, 0.1) is 0 Å². The molecule has 8 N–H and O–H groups in total. The molecule has 0 spiro atoms. The van der Waals surface area contributed by atoms with Crippen molar-refractivity contribution in [3.63, 3.8) is 0 Å². The summed E-state index contributed by atoms with van der Waals surface area (Å²) in [4.78, 5) is 72.1. The molecule has 13 nitrogen and oxygen atoms in total. The van der Waals surface area contributed by atoms with Crippen LogP contribution in [0.3, 0.4) is 0 Å². The van der Waals surface area contributed by atoms with Gasteiger partial charge in [0.15, 0.2) is 0 Å². The molecule has 4 amide bonds. The Labute approximate surface area is 178 Å². The molecular weight excluding hydrogens is 414 g/mol. The number of carboxylic acid groups (broad SMARTS) is 2. The van der Waals surface area contributed by atoms with Crippen molar-refractivity contribution in [1.29, 1.82) is 0 Å². The Bertz CT molecular complexity index is 726. The predicted molar refractivity (Wildman–Crippen MR) is 105 cm³/mol. The zero-order chi connectivity index (χ0) is 23.7. The first-order chi connectivity index (χ1) is 14.4. The number of nitrogens with two attached hydrogens (primary N) is 2. The fourth-order valence-corrected chi connectivity index (χ4v) is 3.14. The summed E-state index contributed by atoms with van der Waals surface area (Å²) in [6.07, 6.45) is -0.452. The third-order valence-electron chi connectivity index (χ3n) is 4.81. The number of carbonyl (C=O) groups excluding carboxylic acids is 4. The molecule has 1 aliphatic heterocycles. The largest absolute Gasteiger partial charge is 0.481 e. The van der Waals surface area contributed by atoms with Gasteiger partial charge in [0, 0.05) is 19.4 Å². The Morgan fingerprint density at radius 3 is 2.10 bits per heavy atom. The minimum absolute atomic E-state index is 0.155. The van der Waals surface area contributed by atoms with Gasteiger partial charge in [-0.2, -0.15) is 0 Å². The van der Waals surface area contributed by atoms with Crippen molar-refractivity contribution >= 4 is 35.6 Å². The highest BCUT2D eigenvalue weighted by atomic mass is 16.4. The highest BCUT2D eigenvalue weighted by Crippen LogP contribution is 2.19. The molecule has 1 rings (SSSR count). The molecule has 0 aromatic heterocycles. The first kappa shape index (κ1) is 25.8. The van der Waals surface area contributed by atoms with Crippen LogP contribution in [0.25, 0.3) is 0 Å². The number of hydrogen-bond acceptors (Lipinski definition) is 7. The summed E-state index contributed by atoms with van der Waals surface area (Å²) in [5.41, 5.74) is 10.6. The van der Waals surface area contributed by atoms with Gasteiger partial charge in [-0.1, -0.05) is 0 Å². The summed E-state index contributed by atoms with van der Waals surface area (Å²) in [6.45, 7) is 1.54. The van der Waals surface area contributed by atoms with Crippen LogP contribution in [-0.4, -0.2) is 81.4 Å². The maximum atomic E-state index is 12.9. The van der Waals surface area contributed by atoms with Crippen LogP contribution >= 0.6 is 0 Å². The number of aliphatic carboxylic acids is 2. The lowest BCUT2D eigenvalue weighted by Crippen LogP contribution is -2.57. The summed E-state index contributed by atoms with van der Waals surface area (Å²) >= 11 is 0. The Balaban J connectivity index is 3.02. The van der Waals surface area contributed by atoms with E-state index >= 15 is 0 Å². The first-order valence-electron chi connectivity index (χ1n) is 9.83. The van der Waals surface area contributed by atoms with Crippen LogP contribution in [-0.2, 0) is 28.8 Å². The number of amides is 4. The second kappa shape index (κ2) is 11.8. The van der Waals surface area contributed by atoms with E-state index in [1.165, 1.54) is 6.92 Å². The second-order valence-electron chi connectivity index (χ2n) is 7.38. The standard InChI is InChI=1S/C18H29N5O8/c1-9(19)15(27)21-10(4-6-13(20)24)16(28)22-11(5-7-14(25)26)17(29)23-8-2-3-12(23)18(30)31/h9-12H,2-8,19H2,1H3,(H2,20,24)(H,21,27)(H,22,28)(H,25,26)(H,30,31). The van der Waals surface area contributed by atoms with E-state index in [1.807, 2.05) is 0 Å². The van der Waals surface area contributed by atoms with Crippen molar-refractivity contribution in [1.82, 2.24) is 15.5 Å². The third-order valence-corrected chi connectivity index (χ3v) is 4.81. The molecule has 0 bridgehead atoms. The zero-order valence-electron chi connectivity index (χ0n) is 17.2. The number of carbonyl (C=O) groups is 6. The molecule has 0 radical (unpaired) electrons. The highest BCUT2D eigenvalue weighted by Gasteiger charge is 2.38. The minimum Gasteiger partial charge on any atom is -0.481 e. The maximum Gasteiger partial charge on any atom is 0.326 e. The lowest BCUT2D eigenvalue weighted by Gasteiger charge is -2.28. The number of nitrogens with zero attached hydrogens (tertiary/aromatic N) is 1. The summed E-state index contributed by atoms with van der Waals surface area (Å²) in [7, 11) is 0. The summed E-state index contributed by atoms with van der Waals surface area (Å²) < 4.78 is 0. The van der Waals surface area contributed by atoms with Gasteiger partial charge in [0.05, 0.1) is 6.04 Å². The average molecular weight is 443 g/mol. The molecule has 13 heteroatoms. The van der Waals surface area contributed by atoms with E-state index in [4.69, 9.17) is 16.6 Å². The molecule has 0 saturated carbocycles. The molecule has 174 valence electrons. The van der Waals surface area contributed by atoms with E-state index in [1.54, 1.807) is 0 Å². The van der Waals surface area contributed by atoms with Gasteiger partial charge < -0.3 is 37.2 Å². The van der Waals surface area contributed by atoms with Crippen LogP contribution in [0.4, 0.5) is 0 Å². The normalized spacial score (nSPS) is 18.5. The lowest BCUT2D eigenvalue weighted by atomic mass is 10.1. The maximum absolute atomic E-state index is 12.9. The van der Waals surface area contributed by atoms with Gasteiger partial charge in [-0.3, -0.25) is 24.0 Å². The Morgan fingerprint density at radius 1 is 1.00 bits per heavy atom. The van der Waals surface area contributed by atoms with Crippen molar-refractivity contribution in [2.24, 2.45) is 11.5 Å². The van der Waals surface area contributed by atoms with E-state index in [-0.39, 0.29) is 32.2 Å². The fraction of sp³-hybridized carbons (Fsp3) is 0.667. The summed E-state index contributed by atoms with van der Waals surface area (Å²) in [6, 6.07) is -4.60. The minimum atomic E-state index is -1.33. The molecule has 1 aliphatic rings. The quantitative estimate of drug-likeness (QED) is 0.187. The van der Waals surface area contributed by atoms with Crippen LogP contribution in [0.2, 0.25) is 0 Å². The fourth-order valence-electron chi connectivity index (χ4n) is 3.14. The van der Waals surface area contributed by atoms with Gasteiger partial charge in [0.25, 0.3) is 0 Å². The van der Waals surface area contributed by atoms with Crippen LogP contribution < -0.4 is 22.1 Å². The number of nitrogens with one attached hydrogen (secondary N) is 2. The molecule has 4 atom stereocenters. The predicted octanol–water partition coefficient (Wildman–Crippen LogP) is -2.49. The second-order valence-corrected chi connectivity index (χ2v) is 7.38. The molecule has 0 aromatic rings. The molecule has 1 saturated heterocycles. The molecular formula is C18H29N5O8. The van der Waals surface area contributed by atoms with Crippen LogP contribution in [0.15, 0.2) is 0 Å². The van der Waals surface area contributed by atoms with Crippen molar-refractivity contribution in [3.8, 4) is 0 Å². The number of hydrogen-bond donors (Lipinski definition) is 6. The van der Waals surface area contributed by atoms with E-state index < -0.39 is 66.2 Å². The lowest BCUT2D eigenvalue weighted by molar-refractivity contribution is -0.150. The van der Waals surface area contributed by atoms with E-state index in [2.05, 4.69) is 10.6 Å². The van der Waals surface area contributed by atoms with Gasteiger partial charge in [-0.25, -0.2) is 4.79 Å². The van der Waals surface area contributed by atoms with Crippen molar-refractivity contribution in [3.05, 3.63) is 0 Å². The number of carboxylic acids is 2. The number of rotatable bonds is 12. The topological polar surface area (TPSA) is 222 Å². The molecule has 0 aliphatic carbocycles. The molecule has 4 unspecified atom stereocenters. The van der Waals surface area contributed by atoms with Crippen LogP contribution in [0.1, 0.15) is 45.4 Å². The Kier molecular flexibility index (Phi) is 9.86. The summed E-state index contributed by atoms with van der Waals surface area (Å²) in [5.74, 6) is -5.37. The zero-order valence-corrected chi connectivity index (χ0v) is 17.2. The van der Waals surface area contributed by atoms with Crippen molar-refractivity contribution in [2.45, 2.75) is 69.6 Å².